The van der Waals surface area contributed by atoms with Crippen LogP contribution < -0.4 is 10.2 Å². The van der Waals surface area contributed by atoms with E-state index in [0.29, 0.717) is 17.2 Å². The summed E-state index contributed by atoms with van der Waals surface area (Å²) in [5.74, 6) is -0.519. The molecule has 162 valence electrons. The van der Waals surface area contributed by atoms with Crippen molar-refractivity contribution < 1.29 is 28.3 Å². The average Bonchev–Trinajstić information content (AvgIpc) is 2.71. The predicted octanol–water partition coefficient (Wildman–Crippen LogP) is 2.33. The molecule has 0 saturated carbocycles. The summed E-state index contributed by atoms with van der Waals surface area (Å²) >= 11 is 5.95. The number of hydrogen-bond donors (Lipinski definition) is 3. The van der Waals surface area contributed by atoms with Crippen LogP contribution in [0.3, 0.4) is 0 Å². The van der Waals surface area contributed by atoms with E-state index in [4.69, 9.17) is 21.5 Å². The predicted molar refractivity (Wildman–Crippen MR) is 110 cm³/mol. The minimum absolute atomic E-state index is 0.0452. The number of benzene rings is 2. The second-order valence-corrected chi connectivity index (χ2v) is 9.67. The van der Waals surface area contributed by atoms with E-state index >= 15 is 0 Å². The number of amides is 1. The largest absolute Gasteiger partial charge is 0.489 e. The van der Waals surface area contributed by atoms with Gasteiger partial charge in [0.05, 0.1) is 10.5 Å². The van der Waals surface area contributed by atoms with Gasteiger partial charge in [-0.15, -0.1) is 0 Å². The Bertz CT molecular complexity index is 1010. The lowest BCUT2D eigenvalue weighted by atomic mass is 9.87. The van der Waals surface area contributed by atoms with Gasteiger partial charge in [-0.05, 0) is 61.7 Å². The molecule has 3 rings (SSSR count). The molecule has 0 aromatic heterocycles. The number of aliphatic hydroxyl groups is 1. The standard InChI is InChI=1S/C20H23ClN2O6S/c1-20(25)10-3-11-23(18(20)19(24)22-26)30(27,28)17-8-6-16(7-9-17)29-13-14-4-2-5-15(21)12-14/h2,4-9,12,18,25-26H,3,10-11,13H2,1H3,(H,22,24)/t18?,20-/m1/s1. The summed E-state index contributed by atoms with van der Waals surface area (Å²) in [6.07, 6.45) is 0.607. The maximum Gasteiger partial charge on any atom is 0.264 e. The third kappa shape index (κ3) is 4.76. The molecule has 1 unspecified atom stereocenters. The van der Waals surface area contributed by atoms with Crippen LogP contribution in [0.4, 0.5) is 0 Å². The van der Waals surface area contributed by atoms with Crippen LogP contribution in [0.25, 0.3) is 0 Å². The number of rotatable bonds is 6. The lowest BCUT2D eigenvalue weighted by Crippen LogP contribution is -2.62. The van der Waals surface area contributed by atoms with Crippen LogP contribution >= 0.6 is 11.6 Å². The molecule has 1 aliphatic rings. The smallest absolute Gasteiger partial charge is 0.264 e. The lowest BCUT2D eigenvalue weighted by Gasteiger charge is -2.42. The van der Waals surface area contributed by atoms with E-state index in [-0.39, 0.29) is 24.5 Å². The molecule has 30 heavy (non-hydrogen) atoms. The van der Waals surface area contributed by atoms with Gasteiger partial charge in [0.25, 0.3) is 5.91 Å². The third-order valence-electron chi connectivity index (χ3n) is 5.02. The van der Waals surface area contributed by atoms with E-state index in [1.807, 2.05) is 12.1 Å². The monoisotopic (exact) mass is 454 g/mol. The maximum atomic E-state index is 13.1. The summed E-state index contributed by atoms with van der Waals surface area (Å²) in [5.41, 5.74) is 0.710. The summed E-state index contributed by atoms with van der Waals surface area (Å²) in [5, 5.41) is 20.2. The van der Waals surface area contributed by atoms with Crippen molar-refractivity contribution in [1.29, 1.82) is 0 Å². The van der Waals surface area contributed by atoms with Gasteiger partial charge in [0.1, 0.15) is 18.4 Å². The number of sulfonamides is 1. The average molecular weight is 455 g/mol. The third-order valence-corrected chi connectivity index (χ3v) is 7.14. The topological polar surface area (TPSA) is 116 Å². The summed E-state index contributed by atoms with van der Waals surface area (Å²) in [7, 11) is -4.10. The van der Waals surface area contributed by atoms with Crippen molar-refractivity contribution in [2.45, 2.75) is 42.9 Å². The van der Waals surface area contributed by atoms with Crippen molar-refractivity contribution in [2.24, 2.45) is 0 Å². The first-order valence-corrected chi connectivity index (χ1v) is 11.1. The van der Waals surface area contributed by atoms with Crippen LogP contribution in [0, 0.1) is 0 Å². The highest BCUT2D eigenvalue weighted by Gasteiger charge is 2.49. The van der Waals surface area contributed by atoms with Gasteiger partial charge in [-0.2, -0.15) is 4.31 Å². The Labute approximate surface area is 180 Å². The van der Waals surface area contributed by atoms with Gasteiger partial charge in [0.15, 0.2) is 0 Å². The Morgan fingerprint density at radius 2 is 2.00 bits per heavy atom. The van der Waals surface area contributed by atoms with E-state index in [2.05, 4.69) is 0 Å². The highest BCUT2D eigenvalue weighted by Crippen LogP contribution is 2.32. The van der Waals surface area contributed by atoms with Crippen molar-refractivity contribution in [3.63, 3.8) is 0 Å². The molecule has 2 aromatic rings. The first-order valence-electron chi connectivity index (χ1n) is 9.30. The number of carbonyl (C=O) groups excluding carboxylic acids is 1. The van der Waals surface area contributed by atoms with Gasteiger partial charge in [-0.25, -0.2) is 13.9 Å². The Hall–Kier alpha value is -2.17. The lowest BCUT2D eigenvalue weighted by molar-refractivity contribution is -0.144. The molecule has 1 amide bonds. The Balaban J connectivity index is 1.79. The number of nitrogens with one attached hydrogen (secondary N) is 1. The van der Waals surface area contributed by atoms with E-state index < -0.39 is 27.6 Å². The van der Waals surface area contributed by atoms with Gasteiger partial charge < -0.3 is 9.84 Å². The van der Waals surface area contributed by atoms with E-state index in [1.54, 1.807) is 12.1 Å². The molecular formula is C20H23ClN2O6S. The van der Waals surface area contributed by atoms with Crippen LogP contribution in [-0.4, -0.2) is 47.1 Å². The molecule has 0 aliphatic carbocycles. The summed E-state index contributed by atoms with van der Waals surface area (Å²) < 4.78 is 32.8. The van der Waals surface area contributed by atoms with Crippen molar-refractivity contribution in [3.05, 3.63) is 59.1 Å². The highest BCUT2D eigenvalue weighted by atomic mass is 35.5. The molecule has 0 spiro atoms. The summed E-state index contributed by atoms with van der Waals surface area (Å²) in [6, 6.07) is 11.5. The van der Waals surface area contributed by atoms with Gasteiger partial charge in [-0.1, -0.05) is 23.7 Å². The van der Waals surface area contributed by atoms with E-state index in [1.165, 1.54) is 36.7 Å². The van der Waals surface area contributed by atoms with Crippen LogP contribution in [0.5, 0.6) is 5.75 Å². The fourth-order valence-corrected chi connectivity index (χ4v) is 5.47. The maximum absolute atomic E-state index is 13.1. The first kappa shape index (κ1) is 22.5. The van der Waals surface area contributed by atoms with Crippen LogP contribution in [0.1, 0.15) is 25.3 Å². The molecule has 2 atom stereocenters. The van der Waals surface area contributed by atoms with E-state index in [9.17, 15) is 18.3 Å². The van der Waals surface area contributed by atoms with Crippen LogP contribution in [0.2, 0.25) is 5.02 Å². The molecule has 0 radical (unpaired) electrons. The molecule has 1 heterocycles. The second-order valence-electron chi connectivity index (χ2n) is 7.35. The quantitative estimate of drug-likeness (QED) is 0.455. The molecule has 3 N–H and O–H groups in total. The molecule has 10 heteroatoms. The van der Waals surface area contributed by atoms with Crippen molar-refractivity contribution >= 4 is 27.5 Å². The number of nitrogens with zero attached hydrogens (tertiary/aromatic N) is 1. The zero-order valence-electron chi connectivity index (χ0n) is 16.3. The van der Waals surface area contributed by atoms with Crippen LogP contribution in [0.15, 0.2) is 53.4 Å². The van der Waals surface area contributed by atoms with Crippen molar-refractivity contribution in [3.8, 4) is 5.75 Å². The number of halogens is 1. The SMILES string of the molecule is C[C@@]1(O)CCCN(S(=O)(=O)c2ccc(OCc3cccc(Cl)c3)cc2)C1C(=O)NO. The number of hydrogen-bond acceptors (Lipinski definition) is 6. The number of ether oxygens (including phenoxy) is 1. The summed E-state index contributed by atoms with van der Waals surface area (Å²) in [6.45, 7) is 1.69. The van der Waals surface area contributed by atoms with Crippen molar-refractivity contribution in [2.75, 3.05) is 6.54 Å². The van der Waals surface area contributed by atoms with Crippen molar-refractivity contribution in [1.82, 2.24) is 9.79 Å². The molecule has 1 saturated heterocycles. The Morgan fingerprint density at radius 3 is 2.63 bits per heavy atom. The number of piperidine rings is 1. The normalized spacial score (nSPS) is 22.5. The zero-order chi connectivity index (χ0) is 21.9. The Kier molecular flexibility index (Phi) is 6.68. The minimum Gasteiger partial charge on any atom is -0.489 e. The number of carbonyl (C=O) groups is 1. The van der Waals surface area contributed by atoms with Gasteiger partial charge in [0, 0.05) is 11.6 Å². The minimum atomic E-state index is -4.10. The fraction of sp³-hybridized carbons (Fsp3) is 0.350. The number of hydroxylamine groups is 1. The van der Waals surface area contributed by atoms with Gasteiger partial charge in [-0.3, -0.25) is 10.0 Å². The van der Waals surface area contributed by atoms with E-state index in [0.717, 1.165) is 9.87 Å². The molecule has 8 nitrogen and oxygen atoms in total. The van der Waals surface area contributed by atoms with Crippen LogP contribution in [-0.2, 0) is 21.4 Å². The second kappa shape index (κ2) is 8.91. The zero-order valence-corrected chi connectivity index (χ0v) is 17.9. The first-order chi connectivity index (χ1) is 14.1. The summed E-state index contributed by atoms with van der Waals surface area (Å²) in [4.78, 5) is 12.1. The molecule has 1 fully saturated rings. The molecule has 2 aromatic carbocycles. The Morgan fingerprint density at radius 1 is 1.30 bits per heavy atom. The fourth-order valence-electron chi connectivity index (χ4n) is 3.54. The molecule has 0 bridgehead atoms. The van der Waals surface area contributed by atoms with Gasteiger partial charge >= 0.3 is 0 Å². The molecular weight excluding hydrogens is 432 g/mol. The van der Waals surface area contributed by atoms with Gasteiger partial charge in [0.2, 0.25) is 10.0 Å². The molecule has 1 aliphatic heterocycles. The highest BCUT2D eigenvalue weighted by molar-refractivity contribution is 7.89.